The van der Waals surface area contributed by atoms with Crippen LogP contribution < -0.4 is 0 Å². The average Bonchev–Trinajstić information content (AvgIpc) is 3.15. The molecule has 0 heteroatoms. The van der Waals surface area contributed by atoms with Crippen LogP contribution in [0.25, 0.3) is 76.8 Å². The summed E-state index contributed by atoms with van der Waals surface area (Å²) < 4.78 is 64.7. The molecule has 42 heavy (non-hydrogen) atoms. The summed E-state index contributed by atoms with van der Waals surface area (Å²) in [4.78, 5) is 0. The van der Waals surface area contributed by atoms with Gasteiger partial charge in [0.15, 0.2) is 0 Å². The topological polar surface area (TPSA) is 0 Å². The van der Waals surface area contributed by atoms with Gasteiger partial charge in [-0.15, -0.1) is 0 Å². The van der Waals surface area contributed by atoms with Crippen LogP contribution in [0.4, 0.5) is 0 Å². The highest BCUT2D eigenvalue weighted by Gasteiger charge is 2.18. The largest absolute Gasteiger partial charge is 0.0636 e. The molecule has 0 unspecified atom stereocenters. The molecule has 8 aromatic carbocycles. The Morgan fingerprint density at radius 1 is 0.333 bits per heavy atom. The predicted molar refractivity (Wildman–Crippen MR) is 181 cm³/mol. The van der Waals surface area contributed by atoms with E-state index >= 15 is 0 Å². The van der Waals surface area contributed by atoms with E-state index in [4.69, 9.17) is 2.74 Å². The molecule has 0 atom stereocenters. The molecule has 0 aliphatic rings. The molecular weight excluding hydrogens is 504 g/mol. The third-order valence-electron chi connectivity index (χ3n) is 7.88. The minimum Gasteiger partial charge on any atom is -0.0622 e. The van der Waals surface area contributed by atoms with Crippen LogP contribution in [0.2, 0.25) is 0 Å². The molecule has 0 saturated carbocycles. The summed E-state index contributed by atoms with van der Waals surface area (Å²) >= 11 is 0. The van der Waals surface area contributed by atoms with Crippen LogP contribution in [-0.4, -0.2) is 0 Å². The first-order chi connectivity index (χ1) is 23.8. The van der Waals surface area contributed by atoms with Crippen LogP contribution in [0.5, 0.6) is 0 Å². The van der Waals surface area contributed by atoms with Crippen molar-refractivity contribution in [2.75, 3.05) is 0 Å². The summed E-state index contributed by atoms with van der Waals surface area (Å²) in [7, 11) is 0. The second kappa shape index (κ2) is 10.2. The molecule has 0 nitrogen and oxygen atoms in total. The summed E-state index contributed by atoms with van der Waals surface area (Å²) in [5.41, 5.74) is 5.07. The van der Waals surface area contributed by atoms with Gasteiger partial charge in [0.2, 0.25) is 0 Å². The fourth-order valence-electron chi connectivity index (χ4n) is 5.85. The molecular formula is C42H28. The maximum absolute atomic E-state index is 9.77. The van der Waals surface area contributed by atoms with Gasteiger partial charge in [0.05, 0.1) is 9.60 Å². The van der Waals surface area contributed by atoms with Gasteiger partial charge in [0, 0.05) is 0 Å². The van der Waals surface area contributed by atoms with E-state index in [2.05, 4.69) is 0 Å². The normalized spacial score (nSPS) is 13.7. The summed E-state index contributed by atoms with van der Waals surface area (Å²) in [6.45, 7) is 0. The zero-order chi connectivity index (χ0) is 34.0. The highest BCUT2D eigenvalue weighted by Crippen LogP contribution is 2.45. The van der Waals surface area contributed by atoms with Crippen molar-refractivity contribution in [1.82, 2.24) is 0 Å². The molecule has 0 spiro atoms. The first kappa shape index (κ1) is 18.1. The van der Waals surface area contributed by atoms with Crippen molar-refractivity contribution in [3.8, 4) is 44.5 Å². The van der Waals surface area contributed by atoms with Crippen molar-refractivity contribution in [2.45, 2.75) is 0 Å². The van der Waals surface area contributed by atoms with Crippen LogP contribution in [0.1, 0.15) is 9.60 Å². The summed E-state index contributed by atoms with van der Waals surface area (Å²) in [6, 6.07) is 39.1. The molecule has 0 heterocycles. The Morgan fingerprint density at radius 3 is 1.52 bits per heavy atom. The van der Waals surface area contributed by atoms with Gasteiger partial charge < -0.3 is 0 Å². The van der Waals surface area contributed by atoms with Crippen LogP contribution in [0.3, 0.4) is 0 Å². The van der Waals surface area contributed by atoms with Gasteiger partial charge in [-0.1, -0.05) is 158 Å². The first-order valence-corrected chi connectivity index (χ1v) is 14.0. The number of hydrogen-bond donors (Lipinski definition) is 0. The second-order valence-corrected chi connectivity index (χ2v) is 10.4. The predicted octanol–water partition coefficient (Wildman–Crippen LogP) is 11.8. The highest BCUT2D eigenvalue weighted by molar-refractivity contribution is 6.22. The van der Waals surface area contributed by atoms with Gasteiger partial charge in [-0.2, -0.15) is 0 Å². The van der Waals surface area contributed by atoms with Gasteiger partial charge >= 0.3 is 0 Å². The monoisotopic (exact) mass is 539 g/mol. The van der Waals surface area contributed by atoms with Crippen molar-refractivity contribution < 1.29 is 9.60 Å². The van der Waals surface area contributed by atoms with Gasteiger partial charge in [0.1, 0.15) is 0 Å². The number of fused-ring (bicyclic) bond motifs is 3. The lowest BCUT2D eigenvalue weighted by atomic mass is 9.84. The molecule has 0 N–H and O–H groups in total. The maximum atomic E-state index is 9.77. The van der Waals surface area contributed by atoms with E-state index in [1.54, 1.807) is 0 Å². The van der Waals surface area contributed by atoms with Gasteiger partial charge in [-0.25, -0.2) is 0 Å². The Balaban J connectivity index is 1.61. The number of hydrogen-bond acceptors (Lipinski definition) is 0. The van der Waals surface area contributed by atoms with E-state index in [1.807, 2.05) is 127 Å². The molecule has 0 saturated heterocycles. The molecule has 0 bridgehead atoms. The maximum Gasteiger partial charge on any atom is 0.0636 e. The van der Waals surface area contributed by atoms with E-state index in [0.29, 0.717) is 44.2 Å². The molecule has 0 aliphatic carbocycles. The molecule has 0 fully saturated rings. The molecule has 0 amide bonds. The summed E-state index contributed by atoms with van der Waals surface area (Å²) in [6.07, 6.45) is 0. The highest BCUT2D eigenvalue weighted by atomic mass is 14.2. The molecule has 196 valence electrons. The Morgan fingerprint density at radius 2 is 0.833 bits per heavy atom. The van der Waals surface area contributed by atoms with Crippen molar-refractivity contribution in [2.24, 2.45) is 0 Å². The fraction of sp³-hybridized carbons (Fsp3) is 0. The Bertz CT molecular complexity index is 2600. The summed E-state index contributed by atoms with van der Waals surface area (Å²) in [5, 5.41) is 3.14. The van der Waals surface area contributed by atoms with E-state index in [9.17, 15) is 6.85 Å². The lowest BCUT2D eigenvalue weighted by Gasteiger charge is -2.19. The molecule has 0 aliphatic heterocycles. The van der Waals surface area contributed by atoms with E-state index < -0.39 is 0 Å². The second-order valence-electron chi connectivity index (χ2n) is 10.4. The van der Waals surface area contributed by atoms with Crippen LogP contribution >= 0.6 is 0 Å². The van der Waals surface area contributed by atoms with E-state index in [1.165, 1.54) is 0 Å². The third-order valence-corrected chi connectivity index (χ3v) is 7.88. The van der Waals surface area contributed by atoms with Crippen molar-refractivity contribution in [3.63, 3.8) is 0 Å². The number of rotatable bonds is 4. The van der Waals surface area contributed by atoms with Crippen molar-refractivity contribution >= 4 is 32.3 Å². The van der Waals surface area contributed by atoms with Gasteiger partial charge in [0.25, 0.3) is 0 Å². The Kier molecular flexibility index (Phi) is 4.38. The fourth-order valence-corrected chi connectivity index (χ4v) is 5.85. The van der Waals surface area contributed by atoms with E-state index in [0.717, 1.165) is 21.9 Å². The van der Waals surface area contributed by atoms with Crippen molar-refractivity contribution in [3.05, 3.63) is 170 Å². The summed E-state index contributed by atoms with van der Waals surface area (Å²) in [5.74, 6) is 0. The van der Waals surface area contributed by atoms with E-state index in [-0.39, 0.29) is 53.1 Å². The minimum absolute atomic E-state index is 0.0284. The quantitative estimate of drug-likeness (QED) is 0.195. The zero-order valence-electron chi connectivity index (χ0n) is 29.6. The number of benzene rings is 8. The van der Waals surface area contributed by atoms with Crippen molar-refractivity contribution in [1.29, 1.82) is 0 Å². The lowest BCUT2D eigenvalue weighted by molar-refractivity contribution is 1.61. The zero-order valence-corrected chi connectivity index (χ0v) is 22.6. The Hall–Kier alpha value is -5.46. The van der Waals surface area contributed by atoms with Gasteiger partial charge in [-0.05, 0) is 88.9 Å². The Labute approximate surface area is 256 Å². The van der Waals surface area contributed by atoms with Crippen LogP contribution in [0, 0.1) is 0 Å². The van der Waals surface area contributed by atoms with Crippen LogP contribution in [-0.2, 0) is 0 Å². The van der Waals surface area contributed by atoms with Gasteiger partial charge in [-0.3, -0.25) is 0 Å². The smallest absolute Gasteiger partial charge is 0.0622 e. The molecule has 8 aromatic rings. The SMILES string of the molecule is [2H]c1c([2H])c([2H])c2c(-c3ccc(-c4ccccc4)cc3)c3c([2H])c(-c4ccccc4)c([2H])c([2H])c3c(-c3ccc4ccccc4c3)c2c1[2H]. The third kappa shape index (κ3) is 4.17. The standard InChI is InChI=1S/C42H28/c1-3-11-29(12-4-1)32-19-22-33(23-20-32)41-37-17-9-10-18-38(37)42(36-24-21-31-15-7-8-16-34(31)27-36)39-26-25-35(28-40(39)41)30-13-5-2-6-14-30/h1-28H/i9D,10D,17D,18D,25D,26D,28D. The molecule has 0 aromatic heterocycles. The average molecular weight is 540 g/mol. The molecule has 8 rings (SSSR count). The first-order valence-electron chi connectivity index (χ1n) is 17.5. The van der Waals surface area contributed by atoms with Crippen LogP contribution in [0.15, 0.2) is 170 Å². The minimum atomic E-state index is -0.381. The molecule has 0 radical (unpaired) electrons. The lowest BCUT2D eigenvalue weighted by Crippen LogP contribution is -1.92.